The number of fused-ring (bicyclic) bond motifs is 4. The van der Waals surface area contributed by atoms with Crippen molar-refractivity contribution in [3.05, 3.63) is 96.6 Å². The van der Waals surface area contributed by atoms with Gasteiger partial charge >= 0.3 is 0 Å². The maximum Gasteiger partial charge on any atom is 0.124 e. The Morgan fingerprint density at radius 3 is 1.37 bits per heavy atom. The molecular formula is C32H26F2N2S2. The lowest BCUT2D eigenvalue weighted by atomic mass is 10.1. The van der Waals surface area contributed by atoms with E-state index in [4.69, 9.17) is 9.97 Å². The van der Waals surface area contributed by atoms with Crippen LogP contribution in [-0.2, 0) is 0 Å². The molecule has 0 atom stereocenters. The molecule has 4 aromatic carbocycles. The lowest BCUT2D eigenvalue weighted by Gasteiger charge is -2.11. The highest BCUT2D eigenvalue weighted by Gasteiger charge is 2.12. The van der Waals surface area contributed by atoms with Crippen LogP contribution in [0.15, 0.2) is 94.7 Å². The summed E-state index contributed by atoms with van der Waals surface area (Å²) in [7, 11) is 0. The molecule has 6 rings (SSSR count). The molecule has 0 bridgehead atoms. The summed E-state index contributed by atoms with van der Waals surface area (Å²) in [5, 5.41) is 3.94. The molecule has 0 N–H and O–H groups in total. The molecule has 190 valence electrons. The monoisotopic (exact) mass is 540 g/mol. The summed E-state index contributed by atoms with van der Waals surface area (Å²) in [6.45, 7) is 0. The Kier molecular flexibility index (Phi) is 7.43. The molecule has 0 radical (unpaired) electrons. The highest BCUT2D eigenvalue weighted by Crippen LogP contribution is 2.36. The van der Waals surface area contributed by atoms with Gasteiger partial charge in [0, 0.05) is 31.3 Å². The molecule has 38 heavy (non-hydrogen) atoms. The van der Waals surface area contributed by atoms with E-state index in [1.165, 1.54) is 12.1 Å². The second kappa shape index (κ2) is 11.3. The van der Waals surface area contributed by atoms with E-state index < -0.39 is 0 Å². The van der Waals surface area contributed by atoms with Crippen LogP contribution < -0.4 is 0 Å². The fourth-order valence-electron chi connectivity index (χ4n) is 4.87. The van der Waals surface area contributed by atoms with E-state index in [9.17, 15) is 8.78 Å². The first-order valence-corrected chi connectivity index (χ1v) is 14.9. The fraction of sp³-hybridized carbons (Fsp3) is 0.188. The molecule has 0 saturated carbocycles. The van der Waals surface area contributed by atoms with Crippen LogP contribution >= 0.6 is 23.5 Å². The number of hydrogen-bond donors (Lipinski definition) is 0. The lowest BCUT2D eigenvalue weighted by Crippen LogP contribution is -1.91. The maximum absolute atomic E-state index is 14.0. The van der Waals surface area contributed by atoms with Gasteiger partial charge in [-0.05, 0) is 72.9 Å². The molecule has 6 heteroatoms. The Morgan fingerprint density at radius 2 is 0.895 bits per heavy atom. The van der Waals surface area contributed by atoms with E-state index in [0.717, 1.165) is 90.6 Å². The molecule has 2 heterocycles. The molecule has 0 aliphatic heterocycles. The molecule has 2 nitrogen and oxygen atoms in total. The Hall–Kier alpha value is -3.22. The fourth-order valence-corrected chi connectivity index (χ4v) is 7.27. The first-order chi connectivity index (χ1) is 18.7. The van der Waals surface area contributed by atoms with Crippen molar-refractivity contribution in [2.45, 2.75) is 35.5 Å². The molecule has 0 aliphatic rings. The van der Waals surface area contributed by atoms with E-state index in [-0.39, 0.29) is 11.6 Å². The van der Waals surface area contributed by atoms with Gasteiger partial charge in [0.2, 0.25) is 0 Å². The van der Waals surface area contributed by atoms with E-state index in [2.05, 4.69) is 12.1 Å². The second-order valence-corrected chi connectivity index (χ2v) is 11.6. The summed E-state index contributed by atoms with van der Waals surface area (Å²) >= 11 is 3.60. The molecule has 0 aliphatic carbocycles. The largest absolute Gasteiger partial charge is 0.248 e. The first-order valence-electron chi connectivity index (χ1n) is 12.9. The SMILES string of the molecule is Fc1ccc2nc3ccccc3c(SCCCCCCSc3c4ccccc4nc4ccc(F)cc34)c2c1. The van der Waals surface area contributed by atoms with Crippen molar-refractivity contribution < 1.29 is 8.78 Å². The Bertz CT molecular complexity index is 1640. The Morgan fingerprint density at radius 1 is 0.474 bits per heavy atom. The zero-order valence-electron chi connectivity index (χ0n) is 20.8. The van der Waals surface area contributed by atoms with Crippen LogP contribution in [0.4, 0.5) is 8.78 Å². The van der Waals surface area contributed by atoms with Gasteiger partial charge in [-0.25, -0.2) is 18.7 Å². The lowest BCUT2D eigenvalue weighted by molar-refractivity contribution is 0.629. The summed E-state index contributed by atoms with van der Waals surface area (Å²) in [4.78, 5) is 11.7. The van der Waals surface area contributed by atoms with Crippen LogP contribution in [0.2, 0.25) is 0 Å². The minimum absolute atomic E-state index is 0.230. The van der Waals surface area contributed by atoms with Crippen molar-refractivity contribution in [2.75, 3.05) is 11.5 Å². The van der Waals surface area contributed by atoms with Crippen LogP contribution in [0.3, 0.4) is 0 Å². The molecule has 0 fully saturated rings. The van der Waals surface area contributed by atoms with Gasteiger partial charge in [0.15, 0.2) is 0 Å². The molecule has 0 unspecified atom stereocenters. The van der Waals surface area contributed by atoms with E-state index in [1.807, 2.05) is 36.4 Å². The number of para-hydroxylation sites is 2. The number of benzene rings is 4. The average Bonchev–Trinajstić information content (AvgIpc) is 2.93. The summed E-state index contributed by atoms with van der Waals surface area (Å²) in [6.07, 6.45) is 4.45. The van der Waals surface area contributed by atoms with Gasteiger partial charge in [-0.1, -0.05) is 49.2 Å². The topological polar surface area (TPSA) is 25.8 Å². The van der Waals surface area contributed by atoms with Crippen molar-refractivity contribution in [3.63, 3.8) is 0 Å². The molecule has 0 saturated heterocycles. The van der Waals surface area contributed by atoms with Crippen LogP contribution in [0.5, 0.6) is 0 Å². The second-order valence-electron chi connectivity index (χ2n) is 9.35. The van der Waals surface area contributed by atoms with Crippen molar-refractivity contribution in [3.8, 4) is 0 Å². The number of aromatic nitrogens is 2. The smallest absolute Gasteiger partial charge is 0.124 e. The number of nitrogens with zero attached hydrogens (tertiary/aromatic N) is 2. The molecule has 2 aromatic heterocycles. The summed E-state index contributed by atoms with van der Waals surface area (Å²) in [6, 6.07) is 25.9. The predicted molar refractivity (Wildman–Crippen MR) is 158 cm³/mol. The third-order valence-corrected chi connectivity index (χ3v) is 9.16. The van der Waals surface area contributed by atoms with Crippen molar-refractivity contribution in [1.29, 1.82) is 0 Å². The average molecular weight is 541 g/mol. The molecular weight excluding hydrogens is 514 g/mol. The Labute approximate surface area is 228 Å². The van der Waals surface area contributed by atoms with Crippen molar-refractivity contribution >= 4 is 67.1 Å². The van der Waals surface area contributed by atoms with Gasteiger partial charge in [-0.2, -0.15) is 0 Å². The summed E-state index contributed by atoms with van der Waals surface area (Å²) in [5.74, 6) is 1.50. The van der Waals surface area contributed by atoms with Crippen molar-refractivity contribution in [1.82, 2.24) is 9.97 Å². The van der Waals surface area contributed by atoms with Crippen LogP contribution in [-0.4, -0.2) is 21.5 Å². The Balaban J connectivity index is 1.07. The number of pyridine rings is 2. The van der Waals surface area contributed by atoms with Gasteiger partial charge < -0.3 is 0 Å². The molecule has 6 aromatic rings. The number of halogens is 2. The van der Waals surface area contributed by atoms with Crippen LogP contribution in [0, 0.1) is 11.6 Å². The molecule has 0 amide bonds. The van der Waals surface area contributed by atoms with E-state index in [1.54, 1.807) is 47.8 Å². The highest BCUT2D eigenvalue weighted by molar-refractivity contribution is 8.00. The van der Waals surface area contributed by atoms with Gasteiger partial charge in [0.25, 0.3) is 0 Å². The summed E-state index contributed by atoms with van der Waals surface area (Å²) in [5.41, 5.74) is 3.56. The quantitative estimate of drug-likeness (QED) is 0.104. The van der Waals surface area contributed by atoms with Crippen LogP contribution in [0.25, 0.3) is 43.6 Å². The molecule has 0 spiro atoms. The zero-order chi connectivity index (χ0) is 25.9. The number of hydrogen-bond acceptors (Lipinski definition) is 4. The van der Waals surface area contributed by atoms with Gasteiger partial charge in [0.05, 0.1) is 22.1 Å². The third kappa shape index (κ3) is 5.20. The van der Waals surface area contributed by atoms with E-state index in [0.29, 0.717) is 0 Å². The predicted octanol–water partition coefficient (Wildman–Crippen LogP) is 9.81. The normalized spacial score (nSPS) is 11.7. The standard InChI is InChI=1S/C32H26F2N2S2/c33-21-13-15-29-25(19-21)31(23-9-3-5-11-27(23)35-29)37-17-7-1-2-8-18-38-32-24-10-4-6-12-28(24)36-30-16-14-22(34)20-26(30)32/h3-6,9-16,19-20H,1-2,7-8,17-18H2. The third-order valence-electron chi connectivity index (χ3n) is 6.72. The minimum Gasteiger partial charge on any atom is -0.248 e. The van der Waals surface area contributed by atoms with Gasteiger partial charge in [-0.3, -0.25) is 0 Å². The number of thioether (sulfide) groups is 2. The van der Waals surface area contributed by atoms with E-state index >= 15 is 0 Å². The number of rotatable bonds is 9. The number of unbranched alkanes of at least 4 members (excludes halogenated alkanes) is 3. The van der Waals surface area contributed by atoms with Gasteiger partial charge in [-0.15, -0.1) is 23.5 Å². The maximum atomic E-state index is 14.0. The van der Waals surface area contributed by atoms with Crippen molar-refractivity contribution in [2.24, 2.45) is 0 Å². The zero-order valence-corrected chi connectivity index (χ0v) is 22.4. The van der Waals surface area contributed by atoms with Gasteiger partial charge in [0.1, 0.15) is 11.6 Å². The summed E-state index contributed by atoms with van der Waals surface area (Å²) < 4.78 is 28.1. The minimum atomic E-state index is -0.230. The first kappa shape index (κ1) is 25.1. The van der Waals surface area contributed by atoms with Crippen LogP contribution in [0.1, 0.15) is 25.7 Å². The highest BCUT2D eigenvalue weighted by atomic mass is 32.2.